The lowest BCUT2D eigenvalue weighted by Crippen LogP contribution is -2.02. The maximum atomic E-state index is 4.10. The average molecular weight is 413 g/mol. The Morgan fingerprint density at radius 2 is 2.10 bits per heavy atom. The zero-order chi connectivity index (χ0) is 13.9. The molecule has 3 nitrogen and oxygen atoms in total. The molecule has 0 radical (unpaired) electrons. The molecule has 0 saturated carbocycles. The second-order valence-corrected chi connectivity index (χ2v) is 7.48. The van der Waals surface area contributed by atoms with Crippen molar-refractivity contribution < 1.29 is 0 Å². The Morgan fingerprint density at radius 3 is 2.80 bits per heavy atom. The molecule has 3 rings (SSSR count). The summed E-state index contributed by atoms with van der Waals surface area (Å²) < 4.78 is 4.22. The zero-order valence-corrected chi connectivity index (χ0v) is 14.4. The number of rotatable bonds is 4. The highest BCUT2D eigenvalue weighted by molar-refractivity contribution is 9.13. The van der Waals surface area contributed by atoms with Crippen LogP contribution in [-0.4, -0.2) is 9.55 Å². The van der Waals surface area contributed by atoms with E-state index < -0.39 is 0 Å². The number of benzene rings is 1. The standard InChI is InChI=1S/C14H11Br2N3S/c15-11-7-10(20-14(11)16)8-18-12-3-1-2-4-13(12)19-6-5-17-9-19/h1-7,9,18H,8H2. The monoisotopic (exact) mass is 411 g/mol. The first kappa shape index (κ1) is 13.9. The molecule has 0 fully saturated rings. The normalized spacial score (nSPS) is 10.7. The second-order valence-electron chi connectivity index (χ2n) is 4.18. The molecule has 2 aromatic heterocycles. The van der Waals surface area contributed by atoms with Crippen molar-refractivity contribution in [2.45, 2.75) is 6.54 Å². The Hall–Kier alpha value is -1.11. The molecule has 1 N–H and O–H groups in total. The molecule has 0 aliphatic rings. The lowest BCUT2D eigenvalue weighted by atomic mass is 10.2. The average Bonchev–Trinajstić information content (AvgIpc) is 3.08. The van der Waals surface area contributed by atoms with Crippen LogP contribution in [0.3, 0.4) is 0 Å². The van der Waals surface area contributed by atoms with Crippen molar-refractivity contribution in [2.75, 3.05) is 5.32 Å². The van der Waals surface area contributed by atoms with Crippen LogP contribution in [0.15, 0.2) is 57.3 Å². The first-order valence-corrected chi connectivity index (χ1v) is 8.39. The van der Waals surface area contributed by atoms with Crippen LogP contribution in [-0.2, 0) is 6.54 Å². The summed E-state index contributed by atoms with van der Waals surface area (Å²) in [6, 6.07) is 10.3. The summed E-state index contributed by atoms with van der Waals surface area (Å²) in [5.74, 6) is 0. The van der Waals surface area contributed by atoms with Crippen molar-refractivity contribution in [2.24, 2.45) is 0 Å². The van der Waals surface area contributed by atoms with E-state index in [1.807, 2.05) is 22.9 Å². The molecule has 0 amide bonds. The number of hydrogen-bond donors (Lipinski definition) is 1. The second kappa shape index (κ2) is 6.11. The van der Waals surface area contributed by atoms with Gasteiger partial charge in [-0.25, -0.2) is 4.98 Å². The molecule has 20 heavy (non-hydrogen) atoms. The minimum absolute atomic E-state index is 0.792. The van der Waals surface area contributed by atoms with Gasteiger partial charge in [-0.05, 0) is 50.1 Å². The van der Waals surface area contributed by atoms with E-state index in [1.54, 1.807) is 23.9 Å². The van der Waals surface area contributed by atoms with Crippen molar-refractivity contribution in [3.63, 3.8) is 0 Å². The number of anilines is 1. The van der Waals surface area contributed by atoms with E-state index in [1.165, 1.54) is 4.88 Å². The van der Waals surface area contributed by atoms with Gasteiger partial charge in [-0.15, -0.1) is 11.3 Å². The Bertz CT molecular complexity index is 688. The van der Waals surface area contributed by atoms with E-state index in [2.05, 4.69) is 60.4 Å². The van der Waals surface area contributed by atoms with Crippen LogP contribution >= 0.6 is 43.2 Å². The molecular weight excluding hydrogens is 402 g/mol. The minimum atomic E-state index is 0.792. The summed E-state index contributed by atoms with van der Waals surface area (Å²) in [6.45, 7) is 0.792. The highest BCUT2D eigenvalue weighted by Crippen LogP contribution is 2.33. The van der Waals surface area contributed by atoms with Crippen molar-refractivity contribution in [3.05, 3.63) is 62.2 Å². The van der Waals surface area contributed by atoms with Crippen LogP contribution in [0.4, 0.5) is 5.69 Å². The molecule has 0 bridgehead atoms. The Kier molecular flexibility index (Phi) is 4.24. The highest BCUT2D eigenvalue weighted by atomic mass is 79.9. The Labute approximate surface area is 137 Å². The third-order valence-electron chi connectivity index (χ3n) is 2.84. The fraction of sp³-hybridized carbons (Fsp3) is 0.0714. The van der Waals surface area contributed by atoms with Crippen molar-refractivity contribution >= 4 is 48.9 Å². The van der Waals surface area contributed by atoms with Crippen molar-refractivity contribution in [1.29, 1.82) is 0 Å². The summed E-state index contributed by atoms with van der Waals surface area (Å²) >= 11 is 8.76. The van der Waals surface area contributed by atoms with E-state index in [-0.39, 0.29) is 0 Å². The number of thiophene rings is 1. The van der Waals surface area contributed by atoms with Crippen LogP contribution in [0.2, 0.25) is 0 Å². The zero-order valence-electron chi connectivity index (χ0n) is 10.4. The molecule has 6 heteroatoms. The number of aromatic nitrogens is 2. The summed E-state index contributed by atoms with van der Waals surface area (Å²) in [7, 11) is 0. The largest absolute Gasteiger partial charge is 0.378 e. The lowest BCUT2D eigenvalue weighted by molar-refractivity contribution is 1.05. The summed E-state index contributed by atoms with van der Waals surface area (Å²) in [4.78, 5) is 5.37. The predicted octanol–water partition coefficient (Wildman–Crippen LogP) is 5.07. The minimum Gasteiger partial charge on any atom is -0.378 e. The van der Waals surface area contributed by atoms with E-state index >= 15 is 0 Å². The third-order valence-corrected chi connectivity index (χ3v) is 6.09. The van der Waals surface area contributed by atoms with Crippen molar-refractivity contribution in [1.82, 2.24) is 9.55 Å². The summed E-state index contributed by atoms with van der Waals surface area (Å²) in [6.07, 6.45) is 5.53. The molecule has 0 aliphatic heterocycles. The summed E-state index contributed by atoms with van der Waals surface area (Å²) in [5, 5.41) is 3.48. The third kappa shape index (κ3) is 2.97. The number of nitrogens with one attached hydrogen (secondary N) is 1. The topological polar surface area (TPSA) is 29.9 Å². The number of hydrogen-bond acceptors (Lipinski definition) is 3. The fourth-order valence-corrected chi connectivity index (χ4v) is 4.03. The molecule has 0 atom stereocenters. The Balaban J connectivity index is 1.81. The maximum absolute atomic E-state index is 4.10. The van der Waals surface area contributed by atoms with Crippen LogP contribution in [0.25, 0.3) is 5.69 Å². The van der Waals surface area contributed by atoms with Gasteiger partial charge in [0.05, 0.1) is 21.5 Å². The van der Waals surface area contributed by atoms with E-state index in [0.717, 1.165) is 26.2 Å². The Morgan fingerprint density at radius 1 is 1.25 bits per heavy atom. The smallest absolute Gasteiger partial charge is 0.0992 e. The van der Waals surface area contributed by atoms with Crippen molar-refractivity contribution in [3.8, 4) is 5.69 Å². The molecule has 2 heterocycles. The van der Waals surface area contributed by atoms with E-state index in [0.29, 0.717) is 0 Å². The van der Waals surface area contributed by atoms with Gasteiger partial charge in [0.25, 0.3) is 0 Å². The molecular formula is C14H11Br2N3S. The summed E-state index contributed by atoms with van der Waals surface area (Å²) in [5.41, 5.74) is 2.19. The molecule has 3 aromatic rings. The van der Waals surface area contributed by atoms with Gasteiger partial charge in [-0.3, -0.25) is 0 Å². The molecule has 102 valence electrons. The van der Waals surface area contributed by atoms with Gasteiger partial charge >= 0.3 is 0 Å². The van der Waals surface area contributed by atoms with Crippen LogP contribution in [0.5, 0.6) is 0 Å². The first-order chi connectivity index (χ1) is 9.74. The van der Waals surface area contributed by atoms with Crippen LogP contribution in [0.1, 0.15) is 4.88 Å². The van der Waals surface area contributed by atoms with E-state index in [4.69, 9.17) is 0 Å². The maximum Gasteiger partial charge on any atom is 0.0992 e. The molecule has 0 unspecified atom stereocenters. The number of halogens is 2. The lowest BCUT2D eigenvalue weighted by Gasteiger charge is -2.11. The van der Waals surface area contributed by atoms with Crippen LogP contribution < -0.4 is 5.32 Å². The van der Waals surface area contributed by atoms with Gasteiger partial charge in [0, 0.05) is 28.3 Å². The van der Waals surface area contributed by atoms with Gasteiger partial charge in [-0.2, -0.15) is 0 Å². The molecule has 0 spiro atoms. The van der Waals surface area contributed by atoms with Crippen LogP contribution in [0, 0.1) is 0 Å². The van der Waals surface area contributed by atoms with Gasteiger partial charge in [0.2, 0.25) is 0 Å². The molecule has 1 aromatic carbocycles. The van der Waals surface area contributed by atoms with E-state index in [9.17, 15) is 0 Å². The number of imidazole rings is 1. The molecule has 0 saturated heterocycles. The predicted molar refractivity (Wildman–Crippen MR) is 90.6 cm³/mol. The van der Waals surface area contributed by atoms with Gasteiger partial charge < -0.3 is 9.88 Å². The highest BCUT2D eigenvalue weighted by Gasteiger charge is 2.06. The number of nitrogens with zero attached hydrogens (tertiary/aromatic N) is 2. The first-order valence-electron chi connectivity index (χ1n) is 5.99. The van der Waals surface area contributed by atoms with Gasteiger partial charge in [-0.1, -0.05) is 12.1 Å². The SMILES string of the molecule is Brc1cc(CNc2ccccc2-n2ccnc2)sc1Br. The fourth-order valence-electron chi connectivity index (χ4n) is 1.91. The number of para-hydroxylation sites is 2. The van der Waals surface area contributed by atoms with Gasteiger partial charge in [0.15, 0.2) is 0 Å². The van der Waals surface area contributed by atoms with Gasteiger partial charge in [0.1, 0.15) is 0 Å². The molecule has 0 aliphatic carbocycles. The quantitative estimate of drug-likeness (QED) is 0.648.